The largest absolute Gasteiger partial charge is 0.383 e. The van der Waals surface area contributed by atoms with Crippen molar-refractivity contribution in [2.24, 2.45) is 0 Å². The molecule has 1 atom stereocenters. The molecule has 40 heavy (non-hydrogen) atoms. The number of carbonyl (C=O) groups is 2. The Morgan fingerprint density at radius 1 is 1.05 bits per heavy atom. The summed E-state index contributed by atoms with van der Waals surface area (Å²) in [6.45, 7) is 5.32. The molecule has 0 aliphatic carbocycles. The van der Waals surface area contributed by atoms with Crippen LogP contribution >= 0.6 is 11.6 Å². The summed E-state index contributed by atoms with van der Waals surface area (Å²) in [5.41, 5.74) is 1.92. The first-order valence-corrected chi connectivity index (χ1v) is 16.0. The van der Waals surface area contributed by atoms with E-state index in [0.29, 0.717) is 50.3 Å². The molecule has 0 bridgehead atoms. The lowest BCUT2D eigenvalue weighted by Crippen LogP contribution is -2.52. The zero-order chi connectivity index (χ0) is 29.1. The smallest absolute Gasteiger partial charge is 0.238 e. The number of halogens is 1. The molecule has 0 spiro atoms. The number of methoxy groups -OCH3 is 1. The van der Waals surface area contributed by atoms with Gasteiger partial charge in [0, 0.05) is 44.4 Å². The third-order valence-electron chi connectivity index (χ3n) is 7.42. The van der Waals surface area contributed by atoms with Crippen molar-refractivity contribution in [3.05, 3.63) is 70.7 Å². The van der Waals surface area contributed by atoms with Gasteiger partial charge in [0.15, 0.2) is 0 Å². The van der Waals surface area contributed by atoms with Gasteiger partial charge in [0.1, 0.15) is 0 Å². The van der Waals surface area contributed by atoms with E-state index >= 15 is 0 Å². The third kappa shape index (κ3) is 8.77. The van der Waals surface area contributed by atoms with Crippen molar-refractivity contribution in [3.63, 3.8) is 0 Å². The summed E-state index contributed by atoms with van der Waals surface area (Å²) in [7, 11) is -2.10. The quantitative estimate of drug-likeness (QED) is 0.322. The molecule has 0 radical (unpaired) electrons. The summed E-state index contributed by atoms with van der Waals surface area (Å²) in [6.07, 6.45) is 2.42. The molecule has 0 N–H and O–H groups in total. The van der Waals surface area contributed by atoms with E-state index in [2.05, 4.69) is 0 Å². The van der Waals surface area contributed by atoms with Crippen LogP contribution in [0.15, 0.2) is 54.6 Å². The van der Waals surface area contributed by atoms with E-state index in [1.54, 1.807) is 24.0 Å². The average Bonchev–Trinajstić information content (AvgIpc) is 2.95. The Bertz CT molecular complexity index is 1190. The minimum absolute atomic E-state index is 0.0261. The van der Waals surface area contributed by atoms with Gasteiger partial charge in [-0.1, -0.05) is 67.9 Å². The molecule has 0 aromatic heterocycles. The molecule has 1 fully saturated rings. The molecule has 220 valence electrons. The third-order valence-corrected chi connectivity index (χ3v) is 9.70. The fourth-order valence-electron chi connectivity index (χ4n) is 5.20. The number of carbonyl (C=O) groups excluding carboxylic acids is 2. The fourth-order valence-corrected chi connectivity index (χ4v) is 6.76. The zero-order valence-electron chi connectivity index (χ0n) is 23.8. The molecule has 1 heterocycles. The number of benzene rings is 2. The van der Waals surface area contributed by atoms with Gasteiger partial charge in [-0.05, 0) is 48.9 Å². The van der Waals surface area contributed by atoms with E-state index in [4.69, 9.17) is 16.3 Å². The standard InChI is InChI=1S/C30H42ClN3O5S/c1-4-21-40(37,38)33(19-20-39-3)23-29(35)34(22-24-11-13-26(31)14-12-24)27-15-17-32(18-16-27)30(36)28(5-2)25-9-7-6-8-10-25/h6-14,27-28H,4-5,15-23H2,1-3H3/t28-/m0/s1. The highest BCUT2D eigenvalue weighted by Gasteiger charge is 2.34. The maximum Gasteiger partial charge on any atom is 0.238 e. The summed E-state index contributed by atoms with van der Waals surface area (Å²) in [5.74, 6) is -0.366. The summed E-state index contributed by atoms with van der Waals surface area (Å²) < 4.78 is 32.2. The lowest BCUT2D eigenvalue weighted by atomic mass is 9.93. The van der Waals surface area contributed by atoms with E-state index < -0.39 is 10.0 Å². The molecule has 3 rings (SSSR count). The second-order valence-electron chi connectivity index (χ2n) is 10.2. The number of hydrogen-bond acceptors (Lipinski definition) is 5. The monoisotopic (exact) mass is 591 g/mol. The van der Waals surface area contributed by atoms with Crippen molar-refractivity contribution in [1.82, 2.24) is 14.1 Å². The highest BCUT2D eigenvalue weighted by Crippen LogP contribution is 2.26. The van der Waals surface area contributed by atoms with E-state index in [-0.39, 0.29) is 49.2 Å². The van der Waals surface area contributed by atoms with Crippen LogP contribution in [0.3, 0.4) is 0 Å². The van der Waals surface area contributed by atoms with Gasteiger partial charge in [-0.25, -0.2) is 8.42 Å². The van der Waals surface area contributed by atoms with Crippen molar-refractivity contribution in [1.29, 1.82) is 0 Å². The highest BCUT2D eigenvalue weighted by molar-refractivity contribution is 7.89. The number of nitrogens with zero attached hydrogens (tertiary/aromatic N) is 3. The lowest BCUT2D eigenvalue weighted by molar-refractivity contribution is -0.138. The van der Waals surface area contributed by atoms with Crippen molar-refractivity contribution in [2.45, 2.75) is 58.0 Å². The Morgan fingerprint density at radius 2 is 1.70 bits per heavy atom. The Morgan fingerprint density at radius 3 is 2.27 bits per heavy atom. The number of rotatable bonds is 14. The normalized spacial score (nSPS) is 15.3. The Labute approximate surface area is 244 Å². The first kappa shape index (κ1) is 32.1. The van der Waals surface area contributed by atoms with Crippen LogP contribution in [0.5, 0.6) is 0 Å². The molecule has 0 saturated carbocycles. The number of ether oxygens (including phenoxy) is 1. The van der Waals surface area contributed by atoms with Crippen molar-refractivity contribution in [2.75, 3.05) is 45.6 Å². The Balaban J connectivity index is 1.77. The molecular formula is C30H42ClN3O5S. The molecule has 8 nitrogen and oxygen atoms in total. The molecule has 1 saturated heterocycles. The molecule has 2 aromatic carbocycles. The van der Waals surface area contributed by atoms with Gasteiger partial charge in [0.05, 0.1) is 24.8 Å². The number of amides is 2. The van der Waals surface area contributed by atoms with Crippen LogP contribution in [0.1, 0.15) is 56.6 Å². The molecule has 0 unspecified atom stereocenters. The van der Waals surface area contributed by atoms with Gasteiger partial charge in [-0.15, -0.1) is 0 Å². The molecule has 10 heteroatoms. The van der Waals surface area contributed by atoms with E-state index in [9.17, 15) is 18.0 Å². The van der Waals surface area contributed by atoms with Crippen molar-refractivity contribution < 1.29 is 22.7 Å². The van der Waals surface area contributed by atoms with Crippen LogP contribution in [0.4, 0.5) is 0 Å². The minimum Gasteiger partial charge on any atom is -0.383 e. The second-order valence-corrected chi connectivity index (χ2v) is 12.7. The Kier molecular flexibility index (Phi) is 12.4. The van der Waals surface area contributed by atoms with Gasteiger partial charge < -0.3 is 14.5 Å². The highest BCUT2D eigenvalue weighted by atomic mass is 35.5. The number of sulfonamides is 1. The first-order chi connectivity index (χ1) is 19.2. The van der Waals surface area contributed by atoms with Crippen LogP contribution < -0.4 is 0 Å². The second kappa shape index (κ2) is 15.5. The van der Waals surface area contributed by atoms with E-state index in [0.717, 1.165) is 11.1 Å². The Hall–Kier alpha value is -2.46. The van der Waals surface area contributed by atoms with Crippen molar-refractivity contribution >= 4 is 33.4 Å². The maximum atomic E-state index is 13.8. The van der Waals surface area contributed by atoms with Crippen LogP contribution in [-0.2, 0) is 30.9 Å². The fraction of sp³-hybridized carbons (Fsp3) is 0.533. The summed E-state index contributed by atoms with van der Waals surface area (Å²) in [6, 6.07) is 17.0. The lowest BCUT2D eigenvalue weighted by Gasteiger charge is -2.40. The predicted octanol–water partition coefficient (Wildman–Crippen LogP) is 4.54. The van der Waals surface area contributed by atoms with Gasteiger partial charge >= 0.3 is 0 Å². The van der Waals surface area contributed by atoms with Crippen LogP contribution in [-0.4, -0.2) is 86.0 Å². The number of hydrogen-bond donors (Lipinski definition) is 0. The van der Waals surface area contributed by atoms with Crippen LogP contribution in [0.25, 0.3) is 0 Å². The van der Waals surface area contributed by atoms with Gasteiger partial charge in [-0.2, -0.15) is 4.31 Å². The molecule has 2 aromatic rings. The van der Waals surface area contributed by atoms with Crippen LogP contribution in [0, 0.1) is 0 Å². The van der Waals surface area contributed by atoms with Gasteiger partial charge in [0.25, 0.3) is 0 Å². The van der Waals surface area contributed by atoms with Crippen molar-refractivity contribution in [3.8, 4) is 0 Å². The molecular weight excluding hydrogens is 550 g/mol. The summed E-state index contributed by atoms with van der Waals surface area (Å²) in [4.78, 5) is 30.9. The molecule has 1 aliphatic heterocycles. The predicted molar refractivity (Wildman–Crippen MR) is 159 cm³/mol. The van der Waals surface area contributed by atoms with E-state index in [1.807, 2.05) is 54.3 Å². The van der Waals surface area contributed by atoms with Gasteiger partial charge in [-0.3, -0.25) is 9.59 Å². The molecule has 1 aliphatic rings. The topological polar surface area (TPSA) is 87.2 Å². The number of likely N-dealkylation sites (tertiary alicyclic amines) is 1. The maximum absolute atomic E-state index is 13.8. The summed E-state index contributed by atoms with van der Waals surface area (Å²) >= 11 is 6.08. The molecule has 2 amide bonds. The zero-order valence-corrected chi connectivity index (χ0v) is 25.4. The SMILES string of the molecule is CCCS(=O)(=O)N(CCOC)CC(=O)N(Cc1ccc(Cl)cc1)C1CCN(C(=O)[C@@H](CC)c2ccccc2)CC1. The van der Waals surface area contributed by atoms with Gasteiger partial charge in [0.2, 0.25) is 21.8 Å². The average molecular weight is 592 g/mol. The van der Waals surface area contributed by atoms with E-state index in [1.165, 1.54) is 11.4 Å². The first-order valence-electron chi connectivity index (χ1n) is 14.0. The summed E-state index contributed by atoms with van der Waals surface area (Å²) in [5, 5.41) is 0.605. The van der Waals surface area contributed by atoms with Crippen LogP contribution in [0.2, 0.25) is 5.02 Å². The number of piperidine rings is 1. The minimum atomic E-state index is -3.61.